The minimum atomic E-state index is -4.05. The molecule has 0 saturated heterocycles. The highest BCUT2D eigenvalue weighted by Crippen LogP contribution is 2.38. The molecule has 6 nitrogen and oxygen atoms in total. The van der Waals surface area contributed by atoms with Crippen LogP contribution in [-0.2, 0) is 29.8 Å². The molecule has 138 valence electrons. The number of hydrogen-bond acceptors (Lipinski definition) is 5. The van der Waals surface area contributed by atoms with Crippen LogP contribution in [0, 0.1) is 5.92 Å². The zero-order valence-corrected chi connectivity index (χ0v) is 17.1. The Morgan fingerprint density at radius 3 is 2.42 bits per heavy atom. The van der Waals surface area contributed by atoms with Crippen molar-refractivity contribution in [3.8, 4) is 0 Å². The largest absolute Gasteiger partial charge is 0.286 e. The molecular weight excluding hydrogens is 420 g/mol. The summed E-state index contributed by atoms with van der Waals surface area (Å²) in [6, 6.07) is 7.57. The van der Waals surface area contributed by atoms with E-state index in [2.05, 4.69) is 15.9 Å². The van der Waals surface area contributed by atoms with E-state index < -0.39 is 25.7 Å². The Balaban J connectivity index is 3.05. The molecular formula is C15H23BrO6S2. The van der Waals surface area contributed by atoms with Crippen molar-refractivity contribution in [2.45, 2.75) is 32.1 Å². The van der Waals surface area contributed by atoms with E-state index in [1.54, 1.807) is 0 Å². The van der Waals surface area contributed by atoms with Gasteiger partial charge in [0.2, 0.25) is 0 Å². The summed E-state index contributed by atoms with van der Waals surface area (Å²) in [5, 5.41) is 0. The van der Waals surface area contributed by atoms with Gasteiger partial charge in [-0.1, -0.05) is 41.9 Å². The van der Waals surface area contributed by atoms with Crippen LogP contribution in [0.5, 0.6) is 0 Å². The van der Waals surface area contributed by atoms with E-state index in [-0.39, 0.29) is 24.7 Å². The summed E-state index contributed by atoms with van der Waals surface area (Å²) < 4.78 is 59.2. The van der Waals surface area contributed by atoms with Gasteiger partial charge < -0.3 is 0 Å². The van der Waals surface area contributed by atoms with E-state index in [1.807, 2.05) is 38.1 Å². The Morgan fingerprint density at radius 2 is 1.92 bits per heavy atom. The fourth-order valence-electron chi connectivity index (χ4n) is 2.57. The van der Waals surface area contributed by atoms with Gasteiger partial charge in [0.1, 0.15) is 0 Å². The van der Waals surface area contributed by atoms with Crippen molar-refractivity contribution in [2.24, 2.45) is 5.92 Å². The third-order valence-electron chi connectivity index (χ3n) is 4.30. The highest BCUT2D eigenvalue weighted by Gasteiger charge is 2.34. The second-order valence-electron chi connectivity index (χ2n) is 6.18. The maximum Gasteiger partial charge on any atom is 0.264 e. The van der Waals surface area contributed by atoms with Crippen molar-refractivity contribution >= 4 is 36.2 Å². The van der Waals surface area contributed by atoms with E-state index in [9.17, 15) is 16.8 Å². The van der Waals surface area contributed by atoms with Gasteiger partial charge in [0.05, 0.1) is 18.6 Å². The van der Waals surface area contributed by atoms with Crippen LogP contribution in [0.4, 0.5) is 0 Å². The summed E-state index contributed by atoms with van der Waals surface area (Å²) in [5.74, 6) is -0.470. The Morgan fingerprint density at radius 1 is 1.29 bits per heavy atom. The summed E-state index contributed by atoms with van der Waals surface area (Å²) >= 11 is 3.41. The molecule has 2 unspecified atom stereocenters. The quantitative estimate of drug-likeness (QED) is 0.466. The first-order chi connectivity index (χ1) is 10.8. The zero-order chi connectivity index (χ0) is 18.6. The summed E-state index contributed by atoms with van der Waals surface area (Å²) in [6.45, 7) is 3.82. The van der Waals surface area contributed by atoms with Crippen LogP contribution in [0.1, 0.15) is 32.3 Å². The van der Waals surface area contributed by atoms with Gasteiger partial charge in [-0.05, 0) is 41.9 Å². The van der Waals surface area contributed by atoms with Crippen molar-refractivity contribution < 1.29 is 25.6 Å². The lowest BCUT2D eigenvalue weighted by molar-refractivity contribution is 0.219. The maximum absolute atomic E-state index is 11.2. The molecule has 24 heavy (non-hydrogen) atoms. The SMILES string of the molecule is CC(CCS(=O)(=O)O)C(C)(CCOS(C)(=O)=O)c1cccc(Br)c1. The zero-order valence-electron chi connectivity index (χ0n) is 13.9. The van der Waals surface area contributed by atoms with E-state index in [1.165, 1.54) is 0 Å². The van der Waals surface area contributed by atoms with Gasteiger partial charge in [0.15, 0.2) is 0 Å². The minimum absolute atomic E-state index is 0.00192. The van der Waals surface area contributed by atoms with Gasteiger partial charge in [-0.3, -0.25) is 8.74 Å². The Hall–Kier alpha value is -0.480. The monoisotopic (exact) mass is 442 g/mol. The molecule has 0 radical (unpaired) electrons. The highest BCUT2D eigenvalue weighted by atomic mass is 79.9. The lowest BCUT2D eigenvalue weighted by atomic mass is 9.69. The fraction of sp³-hybridized carbons (Fsp3) is 0.600. The molecule has 1 rings (SSSR count). The number of hydrogen-bond donors (Lipinski definition) is 1. The van der Waals surface area contributed by atoms with Crippen LogP contribution in [-0.4, -0.2) is 40.0 Å². The van der Waals surface area contributed by atoms with Crippen molar-refractivity contribution in [3.05, 3.63) is 34.3 Å². The van der Waals surface area contributed by atoms with Gasteiger partial charge in [0, 0.05) is 4.47 Å². The third-order valence-corrected chi connectivity index (χ3v) is 6.14. The fourth-order valence-corrected chi connectivity index (χ4v) is 4.01. The molecule has 1 aromatic rings. The Labute approximate surface area is 152 Å². The summed E-state index contributed by atoms with van der Waals surface area (Å²) in [4.78, 5) is 0. The minimum Gasteiger partial charge on any atom is -0.286 e. The number of halogens is 1. The van der Waals surface area contributed by atoms with Crippen molar-refractivity contribution in [3.63, 3.8) is 0 Å². The van der Waals surface area contributed by atoms with Crippen LogP contribution >= 0.6 is 15.9 Å². The first kappa shape index (κ1) is 21.6. The van der Waals surface area contributed by atoms with Crippen LogP contribution in [0.2, 0.25) is 0 Å². The molecule has 0 bridgehead atoms. The molecule has 0 fully saturated rings. The van der Waals surface area contributed by atoms with Crippen LogP contribution in [0.15, 0.2) is 28.7 Å². The summed E-state index contributed by atoms with van der Waals surface area (Å²) in [6.07, 6.45) is 1.63. The predicted molar refractivity (Wildman–Crippen MR) is 97.1 cm³/mol. The standard InChI is InChI=1S/C15H23BrO6S2/c1-12(7-10-24(19,20)21)15(2,8-9-22-23(3,17)18)13-5-4-6-14(16)11-13/h4-6,11-12H,7-10H2,1-3H3,(H,19,20,21). The first-order valence-electron chi connectivity index (χ1n) is 7.39. The van der Waals surface area contributed by atoms with Gasteiger partial charge in [-0.25, -0.2) is 0 Å². The van der Waals surface area contributed by atoms with Gasteiger partial charge >= 0.3 is 0 Å². The normalized spacial score (nSPS) is 16.5. The van der Waals surface area contributed by atoms with Gasteiger partial charge in [-0.2, -0.15) is 16.8 Å². The van der Waals surface area contributed by atoms with E-state index in [4.69, 9.17) is 8.74 Å². The Kier molecular flexibility index (Phi) is 7.43. The molecule has 0 spiro atoms. The van der Waals surface area contributed by atoms with E-state index in [0.717, 1.165) is 16.3 Å². The molecule has 1 aromatic carbocycles. The molecule has 0 saturated carbocycles. The maximum atomic E-state index is 11.2. The van der Waals surface area contributed by atoms with E-state index >= 15 is 0 Å². The van der Waals surface area contributed by atoms with Crippen molar-refractivity contribution in [1.82, 2.24) is 0 Å². The molecule has 0 aliphatic heterocycles. The smallest absolute Gasteiger partial charge is 0.264 e. The summed E-state index contributed by atoms with van der Waals surface area (Å²) in [5.41, 5.74) is 0.427. The topological polar surface area (TPSA) is 97.7 Å². The predicted octanol–water partition coefficient (Wildman–Crippen LogP) is 2.99. The number of rotatable bonds is 9. The van der Waals surface area contributed by atoms with Crippen LogP contribution in [0.25, 0.3) is 0 Å². The van der Waals surface area contributed by atoms with Crippen LogP contribution in [0.3, 0.4) is 0 Å². The lowest BCUT2D eigenvalue weighted by Gasteiger charge is -2.36. The Bertz CT molecular complexity index is 760. The van der Waals surface area contributed by atoms with Crippen LogP contribution < -0.4 is 0 Å². The molecule has 0 amide bonds. The summed E-state index contributed by atoms with van der Waals surface area (Å²) in [7, 11) is -7.59. The molecule has 2 atom stereocenters. The molecule has 0 aromatic heterocycles. The third kappa shape index (κ3) is 7.18. The van der Waals surface area contributed by atoms with Crippen molar-refractivity contribution in [2.75, 3.05) is 18.6 Å². The van der Waals surface area contributed by atoms with E-state index in [0.29, 0.717) is 6.42 Å². The van der Waals surface area contributed by atoms with Crippen molar-refractivity contribution in [1.29, 1.82) is 0 Å². The average Bonchev–Trinajstić information content (AvgIpc) is 2.42. The molecule has 9 heteroatoms. The second kappa shape index (κ2) is 8.27. The number of benzene rings is 1. The molecule has 0 aliphatic rings. The molecule has 0 aliphatic carbocycles. The molecule has 0 heterocycles. The molecule has 1 N–H and O–H groups in total. The second-order valence-corrected chi connectivity index (χ2v) is 10.3. The average molecular weight is 443 g/mol. The highest BCUT2D eigenvalue weighted by molar-refractivity contribution is 9.10. The van der Waals surface area contributed by atoms with Gasteiger partial charge in [0.25, 0.3) is 20.2 Å². The first-order valence-corrected chi connectivity index (χ1v) is 11.6. The van der Waals surface area contributed by atoms with Gasteiger partial charge in [-0.15, -0.1) is 0 Å². The lowest BCUT2D eigenvalue weighted by Crippen LogP contribution is -2.33.